The van der Waals surface area contributed by atoms with Crippen LogP contribution in [0.15, 0.2) is 47.8 Å². The van der Waals surface area contributed by atoms with Gasteiger partial charge >= 0.3 is 0 Å². The van der Waals surface area contributed by atoms with E-state index >= 15 is 0 Å². The highest BCUT2D eigenvalue weighted by Crippen LogP contribution is 2.26. The summed E-state index contributed by atoms with van der Waals surface area (Å²) >= 11 is 7.52. The van der Waals surface area contributed by atoms with E-state index in [4.69, 9.17) is 16.6 Å². The second kappa shape index (κ2) is 8.57. The number of amides is 1. The van der Waals surface area contributed by atoms with Gasteiger partial charge in [-0.05, 0) is 24.3 Å². The fourth-order valence-corrected chi connectivity index (χ4v) is 4.22. The van der Waals surface area contributed by atoms with E-state index in [1.165, 1.54) is 6.07 Å². The van der Waals surface area contributed by atoms with Crippen molar-refractivity contribution in [3.63, 3.8) is 0 Å². The molecule has 1 aromatic heterocycles. The molecule has 8 heteroatoms. The van der Waals surface area contributed by atoms with Crippen LogP contribution in [0.3, 0.4) is 0 Å². The molecule has 0 radical (unpaired) electrons. The van der Waals surface area contributed by atoms with Gasteiger partial charge in [0, 0.05) is 54.8 Å². The van der Waals surface area contributed by atoms with Crippen molar-refractivity contribution in [1.29, 1.82) is 0 Å². The van der Waals surface area contributed by atoms with Gasteiger partial charge in [0.1, 0.15) is 16.6 Å². The Balaban J connectivity index is 1.34. The Morgan fingerprint density at radius 2 is 1.79 bits per heavy atom. The molecular weight excluding hydrogens is 416 g/mol. The van der Waals surface area contributed by atoms with E-state index < -0.39 is 17.5 Å². The number of carbonyl (C=O) groups is 1. The summed E-state index contributed by atoms with van der Waals surface area (Å²) in [6, 6.07) is 10.6. The molecule has 4 nitrogen and oxygen atoms in total. The van der Waals surface area contributed by atoms with E-state index in [9.17, 15) is 13.6 Å². The molecule has 0 spiro atoms. The molecule has 0 N–H and O–H groups in total. The first-order valence-corrected chi connectivity index (χ1v) is 10.4. The maximum absolute atomic E-state index is 13.9. The number of halogens is 3. The number of hydrogen-bond donors (Lipinski definition) is 0. The van der Waals surface area contributed by atoms with E-state index in [-0.39, 0.29) is 5.56 Å². The van der Waals surface area contributed by atoms with Gasteiger partial charge in [0.15, 0.2) is 0 Å². The molecule has 1 aliphatic heterocycles. The van der Waals surface area contributed by atoms with Gasteiger partial charge in [0.25, 0.3) is 5.91 Å². The van der Waals surface area contributed by atoms with Crippen molar-refractivity contribution in [3.8, 4) is 10.6 Å². The van der Waals surface area contributed by atoms with Crippen LogP contribution in [-0.2, 0) is 6.54 Å². The van der Waals surface area contributed by atoms with Gasteiger partial charge in [0.2, 0.25) is 0 Å². The Bertz CT molecular complexity index is 1020. The normalized spacial score (nSPS) is 14.9. The van der Waals surface area contributed by atoms with Crippen LogP contribution in [0.2, 0.25) is 5.02 Å². The third-order valence-corrected chi connectivity index (χ3v) is 6.04. The third kappa shape index (κ3) is 4.63. The molecule has 0 saturated carbocycles. The molecule has 4 rings (SSSR count). The van der Waals surface area contributed by atoms with Crippen LogP contribution in [0, 0.1) is 11.6 Å². The lowest BCUT2D eigenvalue weighted by molar-refractivity contribution is 0.0622. The summed E-state index contributed by atoms with van der Waals surface area (Å²) in [6.07, 6.45) is 0. The molecule has 1 saturated heterocycles. The first kappa shape index (κ1) is 19.9. The lowest BCUT2D eigenvalue weighted by Gasteiger charge is -2.34. The van der Waals surface area contributed by atoms with Crippen molar-refractivity contribution in [2.75, 3.05) is 26.2 Å². The first-order valence-electron chi connectivity index (χ1n) is 9.16. The SMILES string of the molecule is O=C(c1ccc(F)cc1F)N1CCN(Cc2csc(-c3ccc(Cl)cc3)n2)CC1. The van der Waals surface area contributed by atoms with Crippen molar-refractivity contribution < 1.29 is 13.6 Å². The molecule has 0 unspecified atom stereocenters. The molecule has 0 bridgehead atoms. The predicted molar refractivity (Wildman–Crippen MR) is 110 cm³/mol. The smallest absolute Gasteiger partial charge is 0.256 e. The summed E-state index contributed by atoms with van der Waals surface area (Å²) in [5.74, 6) is -1.92. The van der Waals surface area contributed by atoms with E-state index in [2.05, 4.69) is 4.90 Å². The minimum absolute atomic E-state index is 0.0908. The number of nitrogens with zero attached hydrogens (tertiary/aromatic N) is 3. The Morgan fingerprint density at radius 1 is 1.07 bits per heavy atom. The van der Waals surface area contributed by atoms with E-state index in [0.29, 0.717) is 37.7 Å². The molecule has 2 aromatic carbocycles. The highest BCUT2D eigenvalue weighted by molar-refractivity contribution is 7.13. The van der Waals surface area contributed by atoms with Crippen LogP contribution in [0.25, 0.3) is 10.6 Å². The molecule has 2 heterocycles. The number of rotatable bonds is 4. The molecule has 29 heavy (non-hydrogen) atoms. The summed E-state index contributed by atoms with van der Waals surface area (Å²) in [5, 5.41) is 3.67. The van der Waals surface area contributed by atoms with Gasteiger partial charge in [-0.3, -0.25) is 9.69 Å². The summed E-state index contributed by atoms with van der Waals surface area (Å²) < 4.78 is 26.9. The highest BCUT2D eigenvalue weighted by atomic mass is 35.5. The van der Waals surface area contributed by atoms with Gasteiger partial charge in [-0.1, -0.05) is 23.7 Å². The Labute approximate surface area is 176 Å². The third-order valence-electron chi connectivity index (χ3n) is 4.85. The molecule has 3 aromatic rings. The largest absolute Gasteiger partial charge is 0.336 e. The van der Waals surface area contributed by atoms with Gasteiger partial charge in [-0.25, -0.2) is 13.8 Å². The Morgan fingerprint density at radius 3 is 2.48 bits per heavy atom. The first-order chi connectivity index (χ1) is 14.0. The lowest BCUT2D eigenvalue weighted by Crippen LogP contribution is -2.48. The molecule has 0 aliphatic carbocycles. The number of thiazole rings is 1. The summed E-state index contributed by atoms with van der Waals surface area (Å²) in [7, 11) is 0. The standard InChI is InChI=1S/C21H18ClF2N3OS/c22-15-3-1-14(2-4-15)20-25-17(13-29-20)12-26-7-9-27(10-8-26)21(28)18-6-5-16(23)11-19(18)24/h1-6,11,13H,7-10,12H2. The van der Waals surface area contributed by atoms with Crippen LogP contribution in [-0.4, -0.2) is 46.9 Å². The van der Waals surface area contributed by atoms with E-state index in [1.807, 2.05) is 29.6 Å². The van der Waals surface area contributed by atoms with Crippen molar-refractivity contribution in [2.45, 2.75) is 6.54 Å². The maximum Gasteiger partial charge on any atom is 0.256 e. The Hall–Kier alpha value is -2.35. The predicted octanol–water partition coefficient (Wildman–Crippen LogP) is 4.70. The molecule has 0 atom stereocenters. The number of aromatic nitrogens is 1. The fourth-order valence-electron chi connectivity index (χ4n) is 3.28. The number of hydrogen-bond acceptors (Lipinski definition) is 4. The average Bonchev–Trinajstić information content (AvgIpc) is 3.17. The second-order valence-electron chi connectivity index (χ2n) is 6.84. The minimum atomic E-state index is -0.824. The van der Waals surface area contributed by atoms with Crippen LogP contribution < -0.4 is 0 Å². The van der Waals surface area contributed by atoms with Crippen LogP contribution >= 0.6 is 22.9 Å². The maximum atomic E-state index is 13.9. The average molecular weight is 434 g/mol. The van der Waals surface area contributed by atoms with Gasteiger partial charge < -0.3 is 4.90 Å². The van der Waals surface area contributed by atoms with Crippen molar-refractivity contribution in [1.82, 2.24) is 14.8 Å². The molecule has 1 amide bonds. The van der Waals surface area contributed by atoms with Gasteiger partial charge in [-0.2, -0.15) is 0 Å². The summed E-state index contributed by atoms with van der Waals surface area (Å²) in [5.41, 5.74) is 1.92. The zero-order valence-electron chi connectivity index (χ0n) is 15.4. The second-order valence-corrected chi connectivity index (χ2v) is 8.14. The number of piperazine rings is 1. The molecular formula is C21H18ClF2N3OS. The van der Waals surface area contributed by atoms with Gasteiger partial charge in [-0.15, -0.1) is 11.3 Å². The van der Waals surface area contributed by atoms with Crippen molar-refractivity contribution >= 4 is 28.8 Å². The summed E-state index contributed by atoms with van der Waals surface area (Å²) in [4.78, 5) is 21.0. The molecule has 1 aliphatic rings. The zero-order chi connectivity index (χ0) is 20.4. The fraction of sp³-hybridized carbons (Fsp3) is 0.238. The Kier molecular flexibility index (Phi) is 5.89. The van der Waals surface area contributed by atoms with Crippen molar-refractivity contribution in [2.24, 2.45) is 0 Å². The monoisotopic (exact) mass is 433 g/mol. The lowest BCUT2D eigenvalue weighted by atomic mass is 10.1. The van der Waals surface area contributed by atoms with E-state index in [1.54, 1.807) is 16.2 Å². The van der Waals surface area contributed by atoms with Gasteiger partial charge in [0.05, 0.1) is 11.3 Å². The molecule has 150 valence electrons. The number of benzene rings is 2. The highest BCUT2D eigenvalue weighted by Gasteiger charge is 2.24. The topological polar surface area (TPSA) is 36.4 Å². The molecule has 1 fully saturated rings. The quantitative estimate of drug-likeness (QED) is 0.598. The van der Waals surface area contributed by atoms with Crippen LogP contribution in [0.1, 0.15) is 16.1 Å². The van der Waals surface area contributed by atoms with Crippen LogP contribution in [0.5, 0.6) is 0 Å². The zero-order valence-corrected chi connectivity index (χ0v) is 17.0. The summed E-state index contributed by atoms with van der Waals surface area (Å²) in [6.45, 7) is 3.01. The van der Waals surface area contributed by atoms with Crippen molar-refractivity contribution in [3.05, 3.63) is 75.8 Å². The van der Waals surface area contributed by atoms with E-state index in [0.717, 1.165) is 28.4 Å². The minimum Gasteiger partial charge on any atom is -0.336 e. The number of carbonyl (C=O) groups excluding carboxylic acids is 1. The van der Waals surface area contributed by atoms with Crippen LogP contribution in [0.4, 0.5) is 8.78 Å².